The van der Waals surface area contributed by atoms with Gasteiger partial charge in [0.1, 0.15) is 5.75 Å². The Kier molecular flexibility index (Phi) is 2.63. The van der Waals surface area contributed by atoms with Crippen molar-refractivity contribution >= 4 is 17.5 Å². The van der Waals surface area contributed by atoms with Crippen LogP contribution >= 0.6 is 0 Å². The number of benzene rings is 1. The van der Waals surface area contributed by atoms with E-state index in [1.165, 1.54) is 19.1 Å². The van der Waals surface area contributed by atoms with Gasteiger partial charge in [-0.05, 0) is 19.1 Å². The highest BCUT2D eigenvalue weighted by molar-refractivity contribution is 6.25. The topological polar surface area (TPSA) is 60.4 Å². The zero-order valence-electron chi connectivity index (χ0n) is 9.44. The van der Waals surface area contributed by atoms with Crippen molar-refractivity contribution in [3.63, 3.8) is 0 Å². The predicted octanol–water partition coefficient (Wildman–Crippen LogP) is 1.94. The molecule has 86 valence electrons. The Hall–Kier alpha value is -2.23. The van der Waals surface area contributed by atoms with E-state index >= 15 is 0 Å². The second-order valence-corrected chi connectivity index (χ2v) is 3.79. The number of carbonyl (C=O) groups excluding carboxylic acids is 3. The van der Waals surface area contributed by atoms with Gasteiger partial charge in [-0.2, -0.15) is 0 Å². The van der Waals surface area contributed by atoms with Crippen LogP contribution in [0.1, 0.15) is 34.6 Å². The van der Waals surface area contributed by atoms with Gasteiger partial charge in [-0.25, -0.2) is 0 Å². The number of esters is 1. The number of hydrogen-bond acceptors (Lipinski definition) is 4. The van der Waals surface area contributed by atoms with E-state index < -0.39 is 5.97 Å². The Balaban J connectivity index is 2.63. The van der Waals surface area contributed by atoms with Crippen LogP contribution in [-0.2, 0) is 4.79 Å². The number of fused-ring (bicyclic) bond motifs is 1. The van der Waals surface area contributed by atoms with Gasteiger partial charge in [0.2, 0.25) is 0 Å². The molecular weight excluding hydrogens is 220 g/mol. The lowest BCUT2D eigenvalue weighted by Crippen LogP contribution is -2.18. The lowest BCUT2D eigenvalue weighted by molar-refractivity contribution is -0.131. The fourth-order valence-corrected chi connectivity index (χ4v) is 1.75. The normalized spacial score (nSPS) is 14.1. The van der Waals surface area contributed by atoms with Crippen LogP contribution in [0.4, 0.5) is 0 Å². The molecule has 2 rings (SSSR count). The maximum Gasteiger partial charge on any atom is 0.308 e. The highest BCUT2D eigenvalue weighted by Crippen LogP contribution is 2.29. The summed E-state index contributed by atoms with van der Waals surface area (Å²) in [6.45, 7) is 2.81. The third-order valence-electron chi connectivity index (χ3n) is 2.48. The molecule has 0 fully saturated rings. The summed E-state index contributed by atoms with van der Waals surface area (Å²) < 4.78 is 4.94. The molecule has 0 amide bonds. The average molecular weight is 230 g/mol. The summed E-state index contributed by atoms with van der Waals surface area (Å²) in [4.78, 5) is 34.6. The van der Waals surface area contributed by atoms with Gasteiger partial charge < -0.3 is 4.74 Å². The van der Waals surface area contributed by atoms with E-state index in [0.29, 0.717) is 5.57 Å². The molecule has 0 saturated heterocycles. The van der Waals surface area contributed by atoms with Gasteiger partial charge in [-0.1, -0.05) is 12.1 Å². The number of ketones is 2. The van der Waals surface area contributed by atoms with Crippen LogP contribution in [0.5, 0.6) is 5.75 Å². The first-order chi connectivity index (χ1) is 8.00. The molecule has 0 heterocycles. The third kappa shape index (κ3) is 1.89. The minimum atomic E-state index is -0.522. The van der Waals surface area contributed by atoms with Crippen molar-refractivity contribution in [2.75, 3.05) is 0 Å². The average Bonchev–Trinajstić information content (AvgIpc) is 2.25. The van der Waals surface area contributed by atoms with Crippen LogP contribution in [0.2, 0.25) is 0 Å². The Bertz CT molecular complexity index is 567. The van der Waals surface area contributed by atoms with E-state index in [9.17, 15) is 14.4 Å². The molecule has 4 nitrogen and oxygen atoms in total. The zero-order chi connectivity index (χ0) is 12.6. The molecule has 17 heavy (non-hydrogen) atoms. The van der Waals surface area contributed by atoms with E-state index in [-0.39, 0.29) is 28.4 Å². The predicted molar refractivity (Wildman–Crippen MR) is 60.2 cm³/mol. The number of allylic oxidation sites excluding steroid dienone is 2. The summed E-state index contributed by atoms with van der Waals surface area (Å²) in [5.74, 6) is -0.908. The highest BCUT2D eigenvalue weighted by Gasteiger charge is 2.27. The van der Waals surface area contributed by atoms with Crippen LogP contribution in [0.3, 0.4) is 0 Å². The Morgan fingerprint density at radius 1 is 1.24 bits per heavy atom. The number of rotatable bonds is 1. The molecule has 4 heteroatoms. The van der Waals surface area contributed by atoms with Crippen LogP contribution in [-0.4, -0.2) is 17.5 Å². The van der Waals surface area contributed by atoms with Gasteiger partial charge in [0.15, 0.2) is 11.6 Å². The van der Waals surface area contributed by atoms with Gasteiger partial charge in [-0.15, -0.1) is 0 Å². The van der Waals surface area contributed by atoms with Crippen molar-refractivity contribution in [3.8, 4) is 5.75 Å². The van der Waals surface area contributed by atoms with Crippen LogP contribution in [0.15, 0.2) is 29.8 Å². The second kappa shape index (κ2) is 3.97. The lowest BCUT2D eigenvalue weighted by atomic mass is 9.89. The molecule has 1 aromatic carbocycles. The molecule has 0 bridgehead atoms. The molecule has 0 N–H and O–H groups in total. The summed E-state index contributed by atoms with van der Waals surface area (Å²) in [6, 6.07) is 4.63. The fraction of sp³-hybridized carbons (Fsp3) is 0.154. The van der Waals surface area contributed by atoms with E-state index in [1.54, 1.807) is 19.1 Å². The molecule has 1 aliphatic rings. The van der Waals surface area contributed by atoms with Crippen molar-refractivity contribution in [2.24, 2.45) is 0 Å². The van der Waals surface area contributed by atoms with Gasteiger partial charge in [-0.3, -0.25) is 14.4 Å². The first-order valence-electron chi connectivity index (χ1n) is 5.09. The minimum Gasteiger partial charge on any atom is -0.426 e. The monoisotopic (exact) mass is 230 g/mol. The molecule has 0 radical (unpaired) electrons. The third-order valence-corrected chi connectivity index (χ3v) is 2.48. The lowest BCUT2D eigenvalue weighted by Gasteiger charge is -2.15. The summed E-state index contributed by atoms with van der Waals surface area (Å²) >= 11 is 0. The van der Waals surface area contributed by atoms with Crippen molar-refractivity contribution in [1.82, 2.24) is 0 Å². The molecule has 0 saturated carbocycles. The standard InChI is InChI=1S/C13H10O4/c1-7-6-10(15)9-4-3-5-11(17-8(2)14)12(9)13(7)16/h3-6H,1-2H3. The highest BCUT2D eigenvalue weighted by atomic mass is 16.5. The maximum atomic E-state index is 12.0. The van der Waals surface area contributed by atoms with Crippen LogP contribution in [0.25, 0.3) is 0 Å². The largest absolute Gasteiger partial charge is 0.426 e. The van der Waals surface area contributed by atoms with Crippen molar-refractivity contribution in [1.29, 1.82) is 0 Å². The number of carbonyl (C=O) groups is 3. The molecule has 1 aromatic rings. The number of ether oxygens (including phenoxy) is 1. The number of Topliss-reactive ketones (excluding diaryl/α,β-unsaturated/α-hetero) is 1. The molecule has 0 unspecified atom stereocenters. The Morgan fingerprint density at radius 3 is 2.59 bits per heavy atom. The first-order valence-corrected chi connectivity index (χ1v) is 5.09. The Morgan fingerprint density at radius 2 is 1.94 bits per heavy atom. The van der Waals surface area contributed by atoms with Gasteiger partial charge in [0, 0.05) is 18.1 Å². The minimum absolute atomic E-state index is 0.140. The van der Waals surface area contributed by atoms with Crippen molar-refractivity contribution < 1.29 is 19.1 Å². The summed E-state index contributed by atoms with van der Waals surface area (Å²) in [6.07, 6.45) is 1.29. The van der Waals surface area contributed by atoms with E-state index in [1.807, 2.05) is 0 Å². The van der Waals surface area contributed by atoms with Crippen LogP contribution < -0.4 is 4.74 Å². The number of hydrogen-bond donors (Lipinski definition) is 0. The summed E-state index contributed by atoms with van der Waals surface area (Å²) in [7, 11) is 0. The quantitative estimate of drug-likeness (QED) is 0.546. The SMILES string of the molecule is CC(=O)Oc1cccc2c1C(=O)C(C)=CC2=O. The van der Waals surface area contributed by atoms with Crippen molar-refractivity contribution in [2.45, 2.75) is 13.8 Å². The fourth-order valence-electron chi connectivity index (χ4n) is 1.75. The smallest absolute Gasteiger partial charge is 0.308 e. The van der Waals surface area contributed by atoms with E-state index in [4.69, 9.17) is 4.74 Å². The van der Waals surface area contributed by atoms with E-state index in [2.05, 4.69) is 0 Å². The Labute approximate surface area is 97.9 Å². The molecule has 0 aromatic heterocycles. The first kappa shape index (κ1) is 11.3. The summed E-state index contributed by atoms with van der Waals surface area (Å²) in [5.41, 5.74) is 0.800. The summed E-state index contributed by atoms with van der Waals surface area (Å²) in [5, 5.41) is 0. The van der Waals surface area contributed by atoms with Crippen LogP contribution in [0, 0.1) is 0 Å². The molecule has 0 atom stereocenters. The maximum absolute atomic E-state index is 12.0. The van der Waals surface area contributed by atoms with Gasteiger partial charge in [0.25, 0.3) is 0 Å². The second-order valence-electron chi connectivity index (χ2n) is 3.79. The van der Waals surface area contributed by atoms with E-state index in [0.717, 1.165) is 0 Å². The van der Waals surface area contributed by atoms with Crippen molar-refractivity contribution in [3.05, 3.63) is 41.0 Å². The molecule has 0 aliphatic heterocycles. The van der Waals surface area contributed by atoms with Gasteiger partial charge >= 0.3 is 5.97 Å². The molecule has 1 aliphatic carbocycles. The van der Waals surface area contributed by atoms with Gasteiger partial charge in [0.05, 0.1) is 5.56 Å². The zero-order valence-corrected chi connectivity index (χ0v) is 9.44. The molecule has 0 spiro atoms. The molecular formula is C13H10O4.